The van der Waals surface area contributed by atoms with E-state index >= 15 is 0 Å². The topological polar surface area (TPSA) is 0 Å². The maximum absolute atomic E-state index is 12.5. The first-order chi connectivity index (χ1) is 13.3. The molecule has 5 unspecified atom stereocenters. The van der Waals surface area contributed by atoms with Gasteiger partial charge in [0.15, 0.2) is 0 Å². The Bertz CT molecular complexity index is 646. The van der Waals surface area contributed by atoms with E-state index in [1.54, 1.807) is 16.7 Å². The van der Waals surface area contributed by atoms with Crippen molar-refractivity contribution < 1.29 is 4.39 Å². The lowest BCUT2D eigenvalue weighted by molar-refractivity contribution is 0.0809. The Morgan fingerprint density at radius 1 is 0.926 bits per heavy atom. The van der Waals surface area contributed by atoms with Gasteiger partial charge in [-0.25, -0.2) is 4.39 Å². The molecule has 1 heteroatoms. The van der Waals surface area contributed by atoms with Crippen LogP contribution in [0.5, 0.6) is 0 Å². The molecule has 1 aromatic carbocycles. The van der Waals surface area contributed by atoms with E-state index in [0.717, 1.165) is 30.0 Å². The molecule has 0 aliphatic heterocycles. The molecule has 0 spiro atoms. The normalized spacial score (nSPS) is 33.6. The second kappa shape index (κ2) is 8.93. The number of aryl methyl sites for hydroxylation is 2. The third-order valence-corrected chi connectivity index (χ3v) is 8.06. The van der Waals surface area contributed by atoms with Crippen LogP contribution in [0.3, 0.4) is 0 Å². The summed E-state index contributed by atoms with van der Waals surface area (Å²) in [5.41, 5.74) is 4.84. The van der Waals surface area contributed by atoms with Gasteiger partial charge < -0.3 is 0 Å². The van der Waals surface area contributed by atoms with Crippen LogP contribution in [-0.4, -0.2) is 0 Å². The summed E-state index contributed by atoms with van der Waals surface area (Å²) >= 11 is 0. The van der Waals surface area contributed by atoms with E-state index in [1.165, 1.54) is 77.0 Å². The standard InChI is InChI=1S/C26H37F/c1-2-3-4-19-5-7-23-17-25(11-9-21(23)15-19)26-12-10-22-16-20(13-14-27)6-8-24(22)18-26/h5,7,13-15,20,22,24-26H,2-4,6,8-12,16-18H2,1H3. The minimum atomic E-state index is 0.510. The first-order valence-corrected chi connectivity index (χ1v) is 11.6. The Morgan fingerprint density at radius 2 is 1.70 bits per heavy atom. The molecule has 3 aliphatic rings. The SMILES string of the molecule is CCCCc1ccc2c(c1)CCC(C1CCC3CC(C=CF)CCC3C1)C2. The second-order valence-electron chi connectivity index (χ2n) is 9.69. The van der Waals surface area contributed by atoms with Crippen molar-refractivity contribution in [2.45, 2.75) is 84.0 Å². The number of unbranched alkanes of at least 4 members (excludes halogenated alkanes) is 1. The van der Waals surface area contributed by atoms with E-state index in [9.17, 15) is 4.39 Å². The third-order valence-electron chi connectivity index (χ3n) is 8.06. The summed E-state index contributed by atoms with van der Waals surface area (Å²) in [6.45, 7) is 2.28. The fourth-order valence-electron chi connectivity index (χ4n) is 6.44. The summed E-state index contributed by atoms with van der Waals surface area (Å²) in [6, 6.07) is 7.36. The van der Waals surface area contributed by atoms with Gasteiger partial charge in [-0.3, -0.25) is 0 Å². The number of rotatable bonds is 5. The largest absolute Gasteiger partial charge is 0.216 e. The minimum absolute atomic E-state index is 0.510. The predicted molar refractivity (Wildman–Crippen MR) is 112 cm³/mol. The van der Waals surface area contributed by atoms with E-state index in [2.05, 4.69) is 25.1 Å². The van der Waals surface area contributed by atoms with Gasteiger partial charge in [-0.1, -0.05) is 37.6 Å². The maximum Gasteiger partial charge on any atom is 0.0829 e. The van der Waals surface area contributed by atoms with E-state index in [4.69, 9.17) is 0 Å². The van der Waals surface area contributed by atoms with Crippen molar-refractivity contribution in [3.63, 3.8) is 0 Å². The van der Waals surface area contributed by atoms with Crippen molar-refractivity contribution in [2.24, 2.45) is 29.6 Å². The zero-order valence-corrected chi connectivity index (χ0v) is 17.1. The van der Waals surface area contributed by atoms with Gasteiger partial charge in [0.1, 0.15) is 0 Å². The second-order valence-corrected chi connectivity index (χ2v) is 9.69. The number of fused-ring (bicyclic) bond motifs is 2. The van der Waals surface area contributed by atoms with Crippen LogP contribution in [0.25, 0.3) is 0 Å². The lowest BCUT2D eigenvalue weighted by Gasteiger charge is -2.44. The molecule has 0 amide bonds. The van der Waals surface area contributed by atoms with E-state index in [1.807, 2.05) is 6.08 Å². The summed E-state index contributed by atoms with van der Waals surface area (Å²) in [5, 5.41) is 0. The molecule has 0 radical (unpaired) electrons. The van der Waals surface area contributed by atoms with Gasteiger partial charge in [-0.15, -0.1) is 0 Å². The average Bonchev–Trinajstić information content (AvgIpc) is 2.71. The summed E-state index contributed by atoms with van der Waals surface area (Å²) in [5.74, 6) is 4.14. The fourth-order valence-corrected chi connectivity index (χ4v) is 6.44. The fraction of sp³-hybridized carbons (Fsp3) is 0.692. The lowest BCUT2D eigenvalue weighted by Crippen LogP contribution is -2.34. The molecule has 5 atom stereocenters. The highest BCUT2D eigenvalue weighted by molar-refractivity contribution is 5.34. The highest BCUT2D eigenvalue weighted by atomic mass is 19.1. The smallest absolute Gasteiger partial charge is 0.0829 e. The van der Waals surface area contributed by atoms with Gasteiger partial charge in [-0.05, 0) is 117 Å². The van der Waals surface area contributed by atoms with Crippen molar-refractivity contribution in [3.05, 3.63) is 47.3 Å². The van der Waals surface area contributed by atoms with Crippen LogP contribution in [0, 0.1) is 29.6 Å². The quantitative estimate of drug-likeness (QED) is 0.506. The molecular weight excluding hydrogens is 331 g/mol. The van der Waals surface area contributed by atoms with Crippen molar-refractivity contribution in [2.75, 3.05) is 0 Å². The highest BCUT2D eigenvalue weighted by Gasteiger charge is 2.38. The molecule has 0 nitrogen and oxygen atoms in total. The molecule has 27 heavy (non-hydrogen) atoms. The number of hydrogen-bond acceptors (Lipinski definition) is 0. The molecule has 0 aromatic heterocycles. The molecule has 0 bridgehead atoms. The Balaban J connectivity index is 1.35. The monoisotopic (exact) mass is 368 g/mol. The van der Waals surface area contributed by atoms with Crippen LogP contribution in [0.2, 0.25) is 0 Å². The van der Waals surface area contributed by atoms with Crippen LogP contribution in [0.15, 0.2) is 30.6 Å². The Hall–Kier alpha value is -1.11. The average molecular weight is 369 g/mol. The van der Waals surface area contributed by atoms with Gasteiger partial charge in [0.05, 0.1) is 6.33 Å². The van der Waals surface area contributed by atoms with Crippen LogP contribution >= 0.6 is 0 Å². The Labute approximate surface area is 165 Å². The van der Waals surface area contributed by atoms with Crippen molar-refractivity contribution in [1.82, 2.24) is 0 Å². The van der Waals surface area contributed by atoms with Gasteiger partial charge in [0.2, 0.25) is 0 Å². The van der Waals surface area contributed by atoms with Gasteiger partial charge in [0, 0.05) is 0 Å². The zero-order valence-electron chi connectivity index (χ0n) is 17.1. The number of allylic oxidation sites excluding steroid dienone is 1. The van der Waals surface area contributed by atoms with Crippen LogP contribution in [0.4, 0.5) is 4.39 Å². The number of halogens is 1. The predicted octanol–water partition coefficient (Wildman–Crippen LogP) is 7.45. The van der Waals surface area contributed by atoms with Crippen molar-refractivity contribution >= 4 is 0 Å². The molecular formula is C26H37F. The molecule has 3 aliphatic carbocycles. The van der Waals surface area contributed by atoms with Crippen LogP contribution in [-0.2, 0) is 19.3 Å². The molecule has 0 N–H and O–H groups in total. The van der Waals surface area contributed by atoms with Crippen LogP contribution in [0.1, 0.15) is 81.4 Å². The van der Waals surface area contributed by atoms with E-state index < -0.39 is 0 Å². The van der Waals surface area contributed by atoms with E-state index in [0.29, 0.717) is 5.92 Å². The zero-order chi connectivity index (χ0) is 18.6. The molecule has 1 aromatic rings. The summed E-state index contributed by atoms with van der Waals surface area (Å²) in [7, 11) is 0. The number of hydrogen-bond donors (Lipinski definition) is 0. The maximum atomic E-state index is 12.5. The molecule has 148 valence electrons. The number of benzene rings is 1. The summed E-state index contributed by atoms with van der Waals surface area (Å²) in [6.07, 6.45) is 18.5. The summed E-state index contributed by atoms with van der Waals surface area (Å²) < 4.78 is 12.5. The van der Waals surface area contributed by atoms with Gasteiger partial charge in [0.25, 0.3) is 0 Å². The molecule has 2 saturated carbocycles. The van der Waals surface area contributed by atoms with Crippen molar-refractivity contribution in [1.29, 1.82) is 0 Å². The molecule has 4 rings (SSSR count). The lowest BCUT2D eigenvalue weighted by atomic mass is 9.61. The summed E-state index contributed by atoms with van der Waals surface area (Å²) in [4.78, 5) is 0. The minimum Gasteiger partial charge on any atom is -0.216 e. The highest BCUT2D eigenvalue weighted by Crippen LogP contribution is 2.48. The molecule has 2 fully saturated rings. The third kappa shape index (κ3) is 4.49. The molecule has 0 saturated heterocycles. The Morgan fingerprint density at radius 3 is 2.52 bits per heavy atom. The van der Waals surface area contributed by atoms with Crippen molar-refractivity contribution in [3.8, 4) is 0 Å². The van der Waals surface area contributed by atoms with Gasteiger partial charge in [-0.2, -0.15) is 0 Å². The Kier molecular flexibility index (Phi) is 6.35. The van der Waals surface area contributed by atoms with E-state index in [-0.39, 0.29) is 0 Å². The van der Waals surface area contributed by atoms with Crippen LogP contribution < -0.4 is 0 Å². The molecule has 0 heterocycles. The first-order valence-electron chi connectivity index (χ1n) is 11.6. The first kappa shape index (κ1) is 19.2. The van der Waals surface area contributed by atoms with Gasteiger partial charge >= 0.3 is 0 Å².